The lowest BCUT2D eigenvalue weighted by Gasteiger charge is -2.18. The van der Waals surface area contributed by atoms with Crippen LogP contribution >= 0.6 is 0 Å². The van der Waals surface area contributed by atoms with E-state index in [2.05, 4.69) is 106 Å². The van der Waals surface area contributed by atoms with Crippen molar-refractivity contribution >= 4 is 17.9 Å². The van der Waals surface area contributed by atoms with E-state index in [0.29, 0.717) is 19.3 Å². The molecule has 6 nitrogen and oxygen atoms in total. The van der Waals surface area contributed by atoms with Gasteiger partial charge < -0.3 is 14.2 Å². The first kappa shape index (κ1) is 66.6. The quantitative estimate of drug-likeness (QED) is 0.0261. The van der Waals surface area contributed by atoms with Gasteiger partial charge in [0.1, 0.15) is 13.2 Å². The lowest BCUT2D eigenvalue weighted by Crippen LogP contribution is -2.30. The summed E-state index contributed by atoms with van der Waals surface area (Å²) in [6.45, 7) is 6.50. The molecule has 1 atom stereocenters. The maximum atomic E-state index is 12.9. The summed E-state index contributed by atoms with van der Waals surface area (Å²) in [6.07, 6.45) is 75.8. The van der Waals surface area contributed by atoms with E-state index in [1.165, 1.54) is 148 Å². The Morgan fingerprint density at radius 1 is 0.300 bits per heavy atom. The topological polar surface area (TPSA) is 78.9 Å². The molecule has 0 aliphatic rings. The zero-order valence-electron chi connectivity index (χ0n) is 46.0. The molecular formula is C64H110O6. The van der Waals surface area contributed by atoms with Crippen molar-refractivity contribution in [2.75, 3.05) is 13.2 Å². The van der Waals surface area contributed by atoms with Crippen molar-refractivity contribution in [1.29, 1.82) is 0 Å². The van der Waals surface area contributed by atoms with Crippen molar-refractivity contribution < 1.29 is 28.6 Å². The van der Waals surface area contributed by atoms with Crippen LogP contribution in [0.3, 0.4) is 0 Å². The minimum atomic E-state index is -0.797. The lowest BCUT2D eigenvalue weighted by atomic mass is 10.0. The van der Waals surface area contributed by atoms with Crippen LogP contribution in [0.4, 0.5) is 0 Å². The summed E-state index contributed by atoms with van der Waals surface area (Å²) in [5.74, 6) is -0.944. The fraction of sp³-hybridized carbons (Fsp3) is 0.734. The monoisotopic (exact) mass is 975 g/mol. The van der Waals surface area contributed by atoms with Crippen LogP contribution in [0.15, 0.2) is 85.1 Å². The number of unbranched alkanes of at least 4 members (excludes halogenated alkanes) is 28. The van der Waals surface area contributed by atoms with E-state index in [4.69, 9.17) is 14.2 Å². The highest BCUT2D eigenvalue weighted by molar-refractivity contribution is 5.71. The van der Waals surface area contributed by atoms with Crippen molar-refractivity contribution in [2.24, 2.45) is 0 Å². The highest BCUT2D eigenvalue weighted by atomic mass is 16.6. The Hall–Kier alpha value is -3.41. The minimum absolute atomic E-state index is 0.0909. The zero-order valence-corrected chi connectivity index (χ0v) is 46.0. The van der Waals surface area contributed by atoms with E-state index in [0.717, 1.165) is 89.9 Å². The van der Waals surface area contributed by atoms with Gasteiger partial charge in [-0.1, -0.05) is 279 Å². The molecule has 0 aromatic heterocycles. The molecule has 0 aliphatic carbocycles. The molecule has 0 rings (SSSR count). The molecule has 0 aliphatic heterocycles. The maximum Gasteiger partial charge on any atom is 0.306 e. The third kappa shape index (κ3) is 55.5. The Kier molecular flexibility index (Phi) is 55.3. The summed E-state index contributed by atoms with van der Waals surface area (Å²) in [7, 11) is 0. The normalized spacial score (nSPS) is 12.7. The van der Waals surface area contributed by atoms with Gasteiger partial charge in [-0.25, -0.2) is 0 Å². The van der Waals surface area contributed by atoms with Crippen molar-refractivity contribution in [2.45, 2.75) is 290 Å². The first-order valence-electron chi connectivity index (χ1n) is 29.6. The summed E-state index contributed by atoms with van der Waals surface area (Å²) in [5.41, 5.74) is 0. The van der Waals surface area contributed by atoms with Gasteiger partial charge in [-0.05, 0) is 70.6 Å². The molecule has 0 N–H and O–H groups in total. The van der Waals surface area contributed by atoms with Gasteiger partial charge in [-0.3, -0.25) is 14.4 Å². The van der Waals surface area contributed by atoms with E-state index < -0.39 is 6.10 Å². The predicted octanol–water partition coefficient (Wildman–Crippen LogP) is 19.9. The Labute approximate surface area is 433 Å². The molecule has 0 radical (unpaired) electrons. The SMILES string of the molecule is CC/C=C\C/C=C\C/C=C\C/C=C\C/C=C\C/C=C\C/C=C\CCCC(=O)OCC(COC(=O)CCCCCCCCCCCCC)OC(=O)CCCCCCCCCCCCCCCCCCCC. The van der Waals surface area contributed by atoms with Crippen LogP contribution in [-0.4, -0.2) is 37.2 Å². The fourth-order valence-corrected chi connectivity index (χ4v) is 8.26. The third-order valence-corrected chi connectivity index (χ3v) is 12.7. The molecule has 0 spiro atoms. The van der Waals surface area contributed by atoms with E-state index in [9.17, 15) is 14.4 Å². The van der Waals surface area contributed by atoms with Crippen LogP contribution < -0.4 is 0 Å². The Balaban J connectivity index is 4.41. The van der Waals surface area contributed by atoms with Gasteiger partial charge in [-0.2, -0.15) is 0 Å². The molecule has 0 aromatic rings. The zero-order chi connectivity index (χ0) is 50.7. The van der Waals surface area contributed by atoms with E-state index in [1.54, 1.807) is 0 Å². The van der Waals surface area contributed by atoms with Gasteiger partial charge in [0.05, 0.1) is 0 Å². The molecule has 0 bridgehead atoms. The van der Waals surface area contributed by atoms with Crippen LogP contribution in [0.5, 0.6) is 0 Å². The number of carbonyl (C=O) groups is 3. The number of allylic oxidation sites excluding steroid dienone is 14. The summed E-state index contributed by atoms with van der Waals surface area (Å²) in [6, 6.07) is 0. The van der Waals surface area contributed by atoms with E-state index in [1.807, 2.05) is 0 Å². The van der Waals surface area contributed by atoms with Crippen LogP contribution in [0.2, 0.25) is 0 Å². The number of esters is 3. The summed E-state index contributed by atoms with van der Waals surface area (Å²) >= 11 is 0. The predicted molar refractivity (Wildman–Crippen MR) is 302 cm³/mol. The van der Waals surface area contributed by atoms with Gasteiger partial charge in [-0.15, -0.1) is 0 Å². The van der Waals surface area contributed by atoms with Crippen molar-refractivity contribution in [1.82, 2.24) is 0 Å². The first-order valence-corrected chi connectivity index (χ1v) is 29.6. The molecule has 402 valence electrons. The Morgan fingerprint density at radius 2 is 0.557 bits per heavy atom. The molecular weight excluding hydrogens is 865 g/mol. The highest BCUT2D eigenvalue weighted by Crippen LogP contribution is 2.16. The third-order valence-electron chi connectivity index (χ3n) is 12.7. The smallest absolute Gasteiger partial charge is 0.306 e. The van der Waals surface area contributed by atoms with Crippen LogP contribution in [-0.2, 0) is 28.6 Å². The molecule has 6 heteroatoms. The largest absolute Gasteiger partial charge is 0.462 e. The Morgan fingerprint density at radius 3 is 0.871 bits per heavy atom. The van der Waals surface area contributed by atoms with Gasteiger partial charge in [0.15, 0.2) is 6.10 Å². The van der Waals surface area contributed by atoms with Crippen LogP contribution in [0, 0.1) is 0 Å². The second kappa shape index (κ2) is 58.2. The van der Waals surface area contributed by atoms with Gasteiger partial charge in [0.25, 0.3) is 0 Å². The van der Waals surface area contributed by atoms with Crippen LogP contribution in [0.1, 0.15) is 284 Å². The maximum absolute atomic E-state index is 12.9. The van der Waals surface area contributed by atoms with Gasteiger partial charge in [0, 0.05) is 19.3 Å². The van der Waals surface area contributed by atoms with Crippen molar-refractivity contribution in [3.05, 3.63) is 85.1 Å². The van der Waals surface area contributed by atoms with Gasteiger partial charge >= 0.3 is 17.9 Å². The highest BCUT2D eigenvalue weighted by Gasteiger charge is 2.19. The van der Waals surface area contributed by atoms with E-state index in [-0.39, 0.29) is 37.5 Å². The lowest BCUT2D eigenvalue weighted by molar-refractivity contribution is -0.167. The number of carbonyl (C=O) groups excluding carboxylic acids is 3. The molecule has 1 unspecified atom stereocenters. The van der Waals surface area contributed by atoms with Crippen LogP contribution in [0.25, 0.3) is 0 Å². The van der Waals surface area contributed by atoms with Crippen molar-refractivity contribution in [3.8, 4) is 0 Å². The second-order valence-corrected chi connectivity index (χ2v) is 19.5. The fourth-order valence-electron chi connectivity index (χ4n) is 8.26. The molecule has 0 saturated heterocycles. The second-order valence-electron chi connectivity index (χ2n) is 19.5. The van der Waals surface area contributed by atoms with Gasteiger partial charge in [0.2, 0.25) is 0 Å². The average Bonchev–Trinajstić information content (AvgIpc) is 3.36. The van der Waals surface area contributed by atoms with Crippen molar-refractivity contribution in [3.63, 3.8) is 0 Å². The molecule has 0 heterocycles. The molecule has 0 amide bonds. The summed E-state index contributed by atoms with van der Waals surface area (Å²) in [4.78, 5) is 38.1. The minimum Gasteiger partial charge on any atom is -0.462 e. The van der Waals surface area contributed by atoms with E-state index >= 15 is 0 Å². The molecule has 0 saturated carbocycles. The Bertz CT molecular complexity index is 1350. The number of hydrogen-bond donors (Lipinski definition) is 0. The number of ether oxygens (including phenoxy) is 3. The molecule has 0 fully saturated rings. The standard InChI is InChI=1S/C64H110O6/c1-4-7-10-13-16-19-22-24-26-28-30-31-32-33-34-36-37-39-42-45-48-51-54-57-63(66)69-60-61(59-68-62(65)56-53-50-47-44-41-21-18-15-12-9-6-3)70-64(67)58-55-52-49-46-43-40-38-35-29-27-25-23-20-17-14-11-8-5-2/h7,10,16,19,24,26,30-31,33-34,37,39,45,48,61H,4-6,8-9,11-15,17-18,20-23,25,27-29,32,35-36,38,40-44,46-47,49-60H2,1-3H3/b10-7-,19-16-,26-24-,31-30-,34-33-,39-37-,48-45-. The molecule has 70 heavy (non-hydrogen) atoms. The summed E-state index contributed by atoms with van der Waals surface area (Å²) in [5, 5.41) is 0. The number of rotatable bonds is 53. The summed E-state index contributed by atoms with van der Waals surface area (Å²) < 4.78 is 16.8. The molecule has 0 aromatic carbocycles. The first-order chi connectivity index (χ1) is 34.5. The average molecular weight is 976 g/mol. The number of hydrogen-bond acceptors (Lipinski definition) is 6.